The van der Waals surface area contributed by atoms with Gasteiger partial charge in [-0.3, -0.25) is 0 Å². The normalized spacial score (nSPS) is 8.91. The maximum atomic E-state index is 5.22. The van der Waals surface area contributed by atoms with E-state index < -0.39 is 9.53 Å². The van der Waals surface area contributed by atoms with Crippen LogP contribution in [0.15, 0.2) is 62.2 Å². The predicted molar refractivity (Wildman–Crippen MR) is 99.0 cm³/mol. The summed E-state index contributed by atoms with van der Waals surface area (Å²) in [5.41, 5.74) is 1.17. The van der Waals surface area contributed by atoms with E-state index in [9.17, 15) is 0 Å². The summed E-state index contributed by atoms with van der Waals surface area (Å²) in [6.45, 7) is 18.2. The van der Waals surface area contributed by atoms with Gasteiger partial charge in [0.25, 0.3) is 0 Å². The zero-order valence-electron chi connectivity index (χ0n) is 14.2. The van der Waals surface area contributed by atoms with E-state index in [4.69, 9.17) is 13.3 Å². The molecule has 124 valence electrons. The molecule has 0 saturated carbocycles. The van der Waals surface area contributed by atoms with Gasteiger partial charge in [0.2, 0.25) is 0 Å². The molecule has 1 aromatic carbocycles. The summed E-state index contributed by atoms with van der Waals surface area (Å²) in [7, 11) is -1.73. The second kappa shape index (κ2) is 19.5. The van der Waals surface area contributed by atoms with E-state index in [1.165, 1.54) is 5.56 Å². The van der Waals surface area contributed by atoms with Crippen LogP contribution in [0.4, 0.5) is 0 Å². The molecule has 1 aromatic rings. The van der Waals surface area contributed by atoms with E-state index in [0.29, 0.717) is 19.8 Å². The Hall–Kier alpha value is -1.46. The SMILES string of the molecule is C=CC=C.C=Cc1ccccc1.CCO[SiH](OCC)OCC. The second-order valence-electron chi connectivity index (χ2n) is 3.74. The highest BCUT2D eigenvalue weighted by Crippen LogP contribution is 1.97. The van der Waals surface area contributed by atoms with Crippen LogP contribution in [0, 0.1) is 0 Å². The molecule has 0 aliphatic heterocycles. The monoisotopic (exact) mass is 322 g/mol. The molecule has 0 N–H and O–H groups in total. The van der Waals surface area contributed by atoms with Crippen LogP contribution in [0.5, 0.6) is 0 Å². The molecule has 0 atom stereocenters. The third-order valence-electron chi connectivity index (χ3n) is 2.11. The quantitative estimate of drug-likeness (QED) is 0.521. The smallest absolute Gasteiger partial charge is 0.376 e. The molecule has 1 rings (SSSR count). The standard InChI is InChI=1S/C8H8.C6H16O3Si.C4H6/c1-2-8-6-4-3-5-7-8;1-4-7-10(8-5-2)9-6-3;1-3-4-2/h2-7H,1H2;10H,4-6H2,1-3H3;3-4H,1-2H2. The lowest BCUT2D eigenvalue weighted by Crippen LogP contribution is -2.27. The Labute approximate surface area is 137 Å². The van der Waals surface area contributed by atoms with Crippen LogP contribution in [0.1, 0.15) is 26.3 Å². The van der Waals surface area contributed by atoms with E-state index >= 15 is 0 Å². The highest BCUT2D eigenvalue weighted by molar-refractivity contribution is 6.36. The second-order valence-corrected chi connectivity index (χ2v) is 5.32. The summed E-state index contributed by atoms with van der Waals surface area (Å²) in [6.07, 6.45) is 5.11. The number of allylic oxidation sites excluding steroid dienone is 2. The molecule has 0 unspecified atom stereocenters. The minimum absolute atomic E-state index is 0.677. The van der Waals surface area contributed by atoms with Gasteiger partial charge in [-0.1, -0.05) is 68.3 Å². The summed E-state index contributed by atoms with van der Waals surface area (Å²) in [5, 5.41) is 0. The first kappa shape index (κ1) is 22.8. The van der Waals surface area contributed by atoms with Crippen molar-refractivity contribution in [2.24, 2.45) is 0 Å². The number of rotatable bonds is 8. The predicted octanol–water partition coefficient (Wildman–Crippen LogP) is 4.50. The Kier molecular flexibility index (Phi) is 20.3. The molecule has 0 aliphatic rings. The topological polar surface area (TPSA) is 27.7 Å². The van der Waals surface area contributed by atoms with Crippen molar-refractivity contribution in [1.82, 2.24) is 0 Å². The van der Waals surface area contributed by atoms with Crippen LogP contribution in [-0.4, -0.2) is 29.3 Å². The van der Waals surface area contributed by atoms with Gasteiger partial charge >= 0.3 is 9.53 Å². The molecule has 0 aliphatic carbocycles. The van der Waals surface area contributed by atoms with E-state index in [1.54, 1.807) is 12.2 Å². The van der Waals surface area contributed by atoms with Crippen LogP contribution in [0.25, 0.3) is 6.08 Å². The first-order valence-corrected chi connectivity index (χ1v) is 8.87. The summed E-state index contributed by atoms with van der Waals surface area (Å²) < 4.78 is 15.7. The van der Waals surface area contributed by atoms with Gasteiger partial charge in [0.05, 0.1) is 0 Å². The summed E-state index contributed by atoms with van der Waals surface area (Å²) in [6, 6.07) is 10.0. The minimum atomic E-state index is -1.73. The first-order chi connectivity index (χ1) is 10.7. The third-order valence-corrected chi connectivity index (χ3v) is 3.93. The van der Waals surface area contributed by atoms with E-state index in [-0.39, 0.29) is 0 Å². The van der Waals surface area contributed by atoms with Gasteiger partial charge in [-0.15, -0.1) is 0 Å². The zero-order valence-corrected chi connectivity index (χ0v) is 15.3. The molecular formula is C18H30O3Si. The number of hydrogen-bond donors (Lipinski definition) is 0. The molecule has 0 saturated heterocycles. The number of benzene rings is 1. The van der Waals surface area contributed by atoms with E-state index in [1.807, 2.05) is 57.2 Å². The average Bonchev–Trinajstić information content (AvgIpc) is 2.57. The molecule has 0 radical (unpaired) electrons. The van der Waals surface area contributed by atoms with Gasteiger partial charge in [-0.05, 0) is 26.3 Å². The van der Waals surface area contributed by atoms with Gasteiger partial charge in [-0.25, -0.2) is 0 Å². The van der Waals surface area contributed by atoms with Gasteiger partial charge in [0.15, 0.2) is 0 Å². The molecule has 22 heavy (non-hydrogen) atoms. The maximum absolute atomic E-state index is 5.22. The molecule has 0 fully saturated rings. The summed E-state index contributed by atoms with van der Waals surface area (Å²) in [5.74, 6) is 0. The van der Waals surface area contributed by atoms with Crippen molar-refractivity contribution < 1.29 is 13.3 Å². The third kappa shape index (κ3) is 16.6. The van der Waals surface area contributed by atoms with Crippen LogP contribution in [-0.2, 0) is 13.3 Å². The Morgan fingerprint density at radius 3 is 1.45 bits per heavy atom. The molecular weight excluding hydrogens is 292 g/mol. The molecule has 3 nitrogen and oxygen atoms in total. The Morgan fingerprint density at radius 1 is 0.818 bits per heavy atom. The molecule has 0 bridgehead atoms. The minimum Gasteiger partial charge on any atom is -0.376 e. The average molecular weight is 323 g/mol. The van der Waals surface area contributed by atoms with Crippen molar-refractivity contribution in [2.75, 3.05) is 19.8 Å². The van der Waals surface area contributed by atoms with Crippen LogP contribution >= 0.6 is 0 Å². The van der Waals surface area contributed by atoms with Crippen molar-refractivity contribution in [3.05, 3.63) is 67.8 Å². The Balaban J connectivity index is 0. The van der Waals surface area contributed by atoms with Crippen molar-refractivity contribution in [3.8, 4) is 0 Å². The molecule has 0 heterocycles. The van der Waals surface area contributed by atoms with Crippen molar-refractivity contribution in [1.29, 1.82) is 0 Å². The van der Waals surface area contributed by atoms with E-state index in [2.05, 4.69) is 19.7 Å². The molecule has 0 spiro atoms. The highest BCUT2D eigenvalue weighted by Gasteiger charge is 2.11. The van der Waals surface area contributed by atoms with Gasteiger partial charge < -0.3 is 13.3 Å². The van der Waals surface area contributed by atoms with Gasteiger partial charge in [-0.2, -0.15) is 0 Å². The first-order valence-electron chi connectivity index (χ1n) is 7.45. The van der Waals surface area contributed by atoms with Crippen molar-refractivity contribution in [2.45, 2.75) is 20.8 Å². The zero-order chi connectivity index (χ0) is 17.1. The van der Waals surface area contributed by atoms with E-state index in [0.717, 1.165) is 0 Å². The Bertz CT molecular complexity index is 346. The lowest BCUT2D eigenvalue weighted by Gasteiger charge is -2.12. The number of hydrogen-bond acceptors (Lipinski definition) is 3. The molecule has 4 heteroatoms. The fourth-order valence-corrected chi connectivity index (χ4v) is 2.25. The lowest BCUT2D eigenvalue weighted by molar-refractivity contribution is 0.107. The van der Waals surface area contributed by atoms with Crippen molar-refractivity contribution >= 4 is 15.6 Å². The van der Waals surface area contributed by atoms with Crippen LogP contribution < -0.4 is 0 Å². The summed E-state index contributed by atoms with van der Waals surface area (Å²) in [4.78, 5) is 0. The molecule has 0 aromatic heterocycles. The largest absolute Gasteiger partial charge is 0.484 e. The molecule has 0 amide bonds. The van der Waals surface area contributed by atoms with Crippen LogP contribution in [0.3, 0.4) is 0 Å². The lowest BCUT2D eigenvalue weighted by atomic mass is 10.2. The van der Waals surface area contributed by atoms with Crippen molar-refractivity contribution in [3.63, 3.8) is 0 Å². The highest BCUT2D eigenvalue weighted by atomic mass is 28.3. The fraction of sp³-hybridized carbons (Fsp3) is 0.333. The van der Waals surface area contributed by atoms with Gasteiger partial charge in [0, 0.05) is 19.8 Å². The fourth-order valence-electron chi connectivity index (χ4n) is 1.14. The summed E-state index contributed by atoms with van der Waals surface area (Å²) >= 11 is 0. The van der Waals surface area contributed by atoms with Crippen LogP contribution in [0.2, 0.25) is 0 Å². The maximum Gasteiger partial charge on any atom is 0.484 e. The van der Waals surface area contributed by atoms with Gasteiger partial charge in [0.1, 0.15) is 0 Å². The Morgan fingerprint density at radius 2 is 1.23 bits per heavy atom.